The first-order chi connectivity index (χ1) is 7.66. The van der Waals surface area contributed by atoms with Gasteiger partial charge in [-0.05, 0) is 31.1 Å². The Morgan fingerprint density at radius 1 is 1.47 bits per heavy atom. The fraction of sp³-hybridized carbons (Fsp3) is 0.846. The molecule has 2 aliphatic rings. The van der Waals surface area contributed by atoms with Gasteiger partial charge in [-0.2, -0.15) is 0 Å². The highest BCUT2D eigenvalue weighted by molar-refractivity contribution is 5.97. The molecule has 0 heterocycles. The molecule has 0 saturated heterocycles. The first-order valence-corrected chi connectivity index (χ1v) is 6.13. The summed E-state index contributed by atoms with van der Waals surface area (Å²) in [4.78, 5) is 22.9. The van der Waals surface area contributed by atoms with E-state index in [1.807, 2.05) is 20.8 Å². The second-order valence-corrected chi connectivity index (χ2v) is 6.27. The van der Waals surface area contributed by atoms with Gasteiger partial charge >= 0.3 is 0 Å². The molecule has 4 heteroatoms. The zero-order valence-electron chi connectivity index (χ0n) is 10.6. The van der Waals surface area contributed by atoms with Crippen LogP contribution in [0.15, 0.2) is 0 Å². The summed E-state index contributed by atoms with van der Waals surface area (Å²) in [6.07, 6.45) is 1.30. The molecule has 2 bridgehead atoms. The van der Waals surface area contributed by atoms with Gasteiger partial charge in [0.25, 0.3) is 0 Å². The van der Waals surface area contributed by atoms with Gasteiger partial charge in [-0.25, -0.2) is 0 Å². The predicted molar refractivity (Wildman–Crippen MR) is 58.8 cm³/mol. The van der Waals surface area contributed by atoms with Crippen LogP contribution in [0.3, 0.4) is 0 Å². The minimum absolute atomic E-state index is 0.0160. The summed E-state index contributed by atoms with van der Waals surface area (Å²) in [6.45, 7) is 5.89. The second kappa shape index (κ2) is 3.31. The van der Waals surface area contributed by atoms with Crippen molar-refractivity contribution in [1.82, 2.24) is 0 Å². The van der Waals surface area contributed by atoms with Crippen LogP contribution in [0.2, 0.25) is 0 Å². The molecule has 0 aromatic carbocycles. The number of carboxylic acid groups (broad SMARTS) is 1. The molecule has 0 radical (unpaired) electrons. The normalized spacial score (nSPS) is 43.1. The van der Waals surface area contributed by atoms with Gasteiger partial charge in [0, 0.05) is 17.3 Å². The third kappa shape index (κ3) is 1.33. The summed E-state index contributed by atoms with van der Waals surface area (Å²) in [5.41, 5.74) is -2.24. The Morgan fingerprint density at radius 2 is 2.06 bits per heavy atom. The SMILES string of the molecule is CC1(C)[C@H]2CC[C@@]1(C)C(=O)[C@]2(O)CCC(=O)[O-]. The summed E-state index contributed by atoms with van der Waals surface area (Å²) in [5.74, 6) is -1.52. The highest BCUT2D eigenvalue weighted by Gasteiger charge is 2.72. The molecule has 2 saturated carbocycles. The van der Waals surface area contributed by atoms with Crippen molar-refractivity contribution < 1.29 is 19.8 Å². The maximum absolute atomic E-state index is 12.4. The molecule has 2 aliphatic carbocycles. The molecular formula is C13H19O4-. The smallest absolute Gasteiger partial charge is 0.171 e. The Labute approximate surface area is 101 Å². The minimum atomic E-state index is -1.46. The van der Waals surface area contributed by atoms with Gasteiger partial charge in [-0.1, -0.05) is 20.8 Å². The van der Waals surface area contributed by atoms with Crippen molar-refractivity contribution in [2.45, 2.75) is 52.1 Å². The van der Waals surface area contributed by atoms with Crippen molar-refractivity contribution in [2.24, 2.45) is 16.7 Å². The van der Waals surface area contributed by atoms with Crippen LogP contribution in [0, 0.1) is 16.7 Å². The number of aliphatic hydroxyl groups is 1. The summed E-state index contributed by atoms with van der Waals surface area (Å²) in [6, 6.07) is 0. The largest absolute Gasteiger partial charge is 0.550 e. The van der Waals surface area contributed by atoms with E-state index in [9.17, 15) is 19.8 Å². The van der Waals surface area contributed by atoms with Crippen LogP contribution in [0.5, 0.6) is 0 Å². The van der Waals surface area contributed by atoms with Crippen LogP contribution in [0.4, 0.5) is 0 Å². The molecule has 0 unspecified atom stereocenters. The monoisotopic (exact) mass is 239 g/mol. The fourth-order valence-corrected chi connectivity index (χ4v) is 3.96. The van der Waals surface area contributed by atoms with E-state index in [1.54, 1.807) is 0 Å². The molecule has 0 aromatic rings. The number of carbonyl (C=O) groups is 2. The van der Waals surface area contributed by atoms with Gasteiger partial charge in [-0.15, -0.1) is 0 Å². The summed E-state index contributed by atoms with van der Waals surface area (Å²) in [7, 11) is 0. The van der Waals surface area contributed by atoms with Crippen LogP contribution in [0.1, 0.15) is 46.5 Å². The van der Waals surface area contributed by atoms with Crippen molar-refractivity contribution in [2.75, 3.05) is 0 Å². The molecule has 96 valence electrons. The molecule has 2 rings (SSSR count). The summed E-state index contributed by atoms with van der Waals surface area (Å²) >= 11 is 0. The van der Waals surface area contributed by atoms with E-state index < -0.39 is 17.0 Å². The van der Waals surface area contributed by atoms with E-state index in [0.29, 0.717) is 0 Å². The van der Waals surface area contributed by atoms with Gasteiger partial charge in [-0.3, -0.25) is 4.79 Å². The second-order valence-electron chi connectivity index (χ2n) is 6.27. The van der Waals surface area contributed by atoms with E-state index in [2.05, 4.69) is 0 Å². The molecular weight excluding hydrogens is 220 g/mol. The van der Waals surface area contributed by atoms with E-state index >= 15 is 0 Å². The number of aliphatic carboxylic acids is 1. The van der Waals surface area contributed by atoms with Crippen molar-refractivity contribution in [1.29, 1.82) is 0 Å². The third-order valence-electron chi connectivity index (χ3n) is 5.41. The summed E-state index contributed by atoms with van der Waals surface area (Å²) in [5, 5.41) is 21.1. The maximum atomic E-state index is 12.4. The highest BCUT2D eigenvalue weighted by atomic mass is 16.4. The van der Waals surface area contributed by atoms with E-state index in [0.717, 1.165) is 12.8 Å². The lowest BCUT2D eigenvalue weighted by molar-refractivity contribution is -0.306. The van der Waals surface area contributed by atoms with Crippen LogP contribution in [-0.2, 0) is 9.59 Å². The van der Waals surface area contributed by atoms with Crippen molar-refractivity contribution >= 4 is 11.8 Å². The highest BCUT2D eigenvalue weighted by Crippen LogP contribution is 2.67. The molecule has 4 nitrogen and oxygen atoms in total. The van der Waals surface area contributed by atoms with Gasteiger partial charge in [0.15, 0.2) is 5.78 Å². The lowest BCUT2D eigenvalue weighted by Gasteiger charge is -2.33. The van der Waals surface area contributed by atoms with Gasteiger partial charge in [0.05, 0.1) is 0 Å². The van der Waals surface area contributed by atoms with Crippen molar-refractivity contribution in [3.05, 3.63) is 0 Å². The topological polar surface area (TPSA) is 77.4 Å². The Balaban J connectivity index is 2.33. The number of Topliss-reactive ketones (excluding diaryl/α,β-unsaturated/α-hetero) is 1. The number of hydrogen-bond acceptors (Lipinski definition) is 4. The zero-order valence-corrected chi connectivity index (χ0v) is 10.6. The number of ketones is 1. The maximum Gasteiger partial charge on any atom is 0.171 e. The fourth-order valence-electron chi connectivity index (χ4n) is 3.96. The Kier molecular flexibility index (Phi) is 2.45. The molecule has 3 atom stereocenters. The third-order valence-corrected chi connectivity index (χ3v) is 5.41. The van der Waals surface area contributed by atoms with Gasteiger partial charge in [0.2, 0.25) is 0 Å². The van der Waals surface area contributed by atoms with Crippen LogP contribution in [-0.4, -0.2) is 22.5 Å². The molecule has 0 aliphatic heterocycles. The van der Waals surface area contributed by atoms with Crippen LogP contribution in [0.25, 0.3) is 0 Å². The standard InChI is InChI=1S/C13H20O4/c1-11(2)8-4-6-12(11,3)10(16)13(8,17)7-5-9(14)15/h8,17H,4-7H2,1-3H3,(H,14,15)/p-1/t8-,12+,13+/m1/s1. The summed E-state index contributed by atoms with van der Waals surface area (Å²) < 4.78 is 0. The molecule has 17 heavy (non-hydrogen) atoms. The Bertz CT molecular complexity index is 387. The van der Waals surface area contributed by atoms with Crippen molar-refractivity contribution in [3.8, 4) is 0 Å². The first kappa shape index (κ1) is 12.6. The first-order valence-electron chi connectivity index (χ1n) is 6.13. The molecule has 0 amide bonds. The number of rotatable bonds is 3. The lowest BCUT2D eigenvalue weighted by atomic mass is 9.70. The van der Waals surface area contributed by atoms with E-state index in [4.69, 9.17) is 0 Å². The van der Waals surface area contributed by atoms with Crippen LogP contribution < -0.4 is 5.11 Å². The Morgan fingerprint density at radius 3 is 2.47 bits per heavy atom. The average Bonchev–Trinajstić information content (AvgIpc) is 2.51. The molecule has 2 fully saturated rings. The molecule has 1 N–H and O–H groups in total. The quantitative estimate of drug-likeness (QED) is 0.767. The van der Waals surface area contributed by atoms with Gasteiger partial charge < -0.3 is 15.0 Å². The van der Waals surface area contributed by atoms with E-state index in [1.165, 1.54) is 0 Å². The lowest BCUT2D eigenvalue weighted by Crippen LogP contribution is -2.47. The van der Waals surface area contributed by atoms with Crippen LogP contribution >= 0.6 is 0 Å². The average molecular weight is 239 g/mol. The Hall–Kier alpha value is -0.900. The molecule has 0 spiro atoms. The number of carboxylic acids is 1. The predicted octanol–water partition coefficient (Wildman–Crippen LogP) is 0.273. The molecule has 0 aromatic heterocycles. The minimum Gasteiger partial charge on any atom is -0.550 e. The van der Waals surface area contributed by atoms with Gasteiger partial charge in [0.1, 0.15) is 5.60 Å². The zero-order chi connectivity index (χ0) is 13.1. The van der Waals surface area contributed by atoms with E-state index in [-0.39, 0.29) is 30.0 Å². The van der Waals surface area contributed by atoms with Crippen molar-refractivity contribution in [3.63, 3.8) is 0 Å². The number of fused-ring (bicyclic) bond motifs is 2. The number of hydrogen-bond donors (Lipinski definition) is 1. The number of carbonyl (C=O) groups excluding carboxylic acids is 2.